The number of hydrogen-bond acceptors (Lipinski definition) is 7. The lowest BCUT2D eigenvalue weighted by molar-refractivity contribution is -0.109. The largest absolute Gasteiger partial charge is 0.298 e. The van der Waals surface area contributed by atoms with E-state index < -0.39 is 5.41 Å². The smallest absolute Gasteiger partial charge is 0.186 e. The molecule has 0 aliphatic rings. The summed E-state index contributed by atoms with van der Waals surface area (Å²) in [6.07, 6.45) is 0.843. The zero-order valence-corrected chi connectivity index (χ0v) is 26.2. The van der Waals surface area contributed by atoms with Crippen LogP contribution in [0.1, 0.15) is 70.1 Å². The van der Waals surface area contributed by atoms with Crippen LogP contribution in [0.5, 0.6) is 0 Å². The van der Waals surface area contributed by atoms with Crippen LogP contribution >= 0.6 is 35.3 Å². The zero-order chi connectivity index (χ0) is 30.1. The summed E-state index contributed by atoms with van der Waals surface area (Å²) in [5, 5.41) is 0.235. The molecule has 0 aliphatic heterocycles. The average Bonchev–Trinajstić information content (AvgIpc) is 3.00. The molecule has 0 amide bonds. The highest BCUT2D eigenvalue weighted by Gasteiger charge is 2.38. The predicted molar refractivity (Wildman–Crippen MR) is 176 cm³/mol. The molecule has 0 saturated heterocycles. The van der Waals surface area contributed by atoms with Gasteiger partial charge in [-0.1, -0.05) is 132 Å². The SMILES string of the molecule is CC(=O)SCc1ccc(C(c2ccc(C=O)cc2)(c2ccc(CSC(C)=O)cc2)c2ccc(CSC(C)=O)cc2)cc1. The number of carbonyl (C=O) groups is 4. The minimum absolute atomic E-state index is 0.0785. The second-order valence-corrected chi connectivity index (χ2v) is 13.4. The van der Waals surface area contributed by atoms with Gasteiger partial charge in [0.05, 0.1) is 5.41 Å². The van der Waals surface area contributed by atoms with E-state index in [1.165, 1.54) is 35.3 Å². The Morgan fingerprint density at radius 2 is 0.762 bits per heavy atom. The van der Waals surface area contributed by atoms with E-state index in [2.05, 4.69) is 72.8 Å². The second kappa shape index (κ2) is 14.7. The highest BCUT2D eigenvalue weighted by atomic mass is 32.2. The van der Waals surface area contributed by atoms with E-state index in [0.29, 0.717) is 22.8 Å². The first-order valence-electron chi connectivity index (χ1n) is 13.5. The summed E-state index contributed by atoms with van der Waals surface area (Å²) >= 11 is 3.85. The Bertz CT molecular complexity index is 1390. The highest BCUT2D eigenvalue weighted by Crippen LogP contribution is 2.45. The molecule has 0 saturated carbocycles. The van der Waals surface area contributed by atoms with Gasteiger partial charge in [-0.15, -0.1) is 0 Å². The van der Waals surface area contributed by atoms with Crippen LogP contribution < -0.4 is 0 Å². The van der Waals surface area contributed by atoms with Gasteiger partial charge in [-0.3, -0.25) is 19.2 Å². The molecule has 0 aromatic heterocycles. The lowest BCUT2D eigenvalue weighted by Crippen LogP contribution is -2.31. The lowest BCUT2D eigenvalue weighted by Gasteiger charge is -2.37. The van der Waals surface area contributed by atoms with Crippen molar-refractivity contribution in [3.8, 4) is 0 Å². The molecule has 42 heavy (non-hydrogen) atoms. The molecule has 0 atom stereocenters. The summed E-state index contributed by atoms with van der Waals surface area (Å²) < 4.78 is 0. The van der Waals surface area contributed by atoms with Crippen molar-refractivity contribution in [1.82, 2.24) is 0 Å². The van der Waals surface area contributed by atoms with Gasteiger partial charge in [0.2, 0.25) is 0 Å². The van der Waals surface area contributed by atoms with Gasteiger partial charge in [0.15, 0.2) is 15.3 Å². The van der Waals surface area contributed by atoms with E-state index in [-0.39, 0.29) is 15.3 Å². The molecule has 4 rings (SSSR count). The molecule has 4 aromatic carbocycles. The van der Waals surface area contributed by atoms with Crippen molar-refractivity contribution in [3.63, 3.8) is 0 Å². The summed E-state index contributed by atoms with van der Waals surface area (Å²) in [5.41, 5.74) is 7.13. The number of carbonyl (C=O) groups excluding carboxylic acids is 4. The molecule has 0 bridgehead atoms. The van der Waals surface area contributed by atoms with Crippen molar-refractivity contribution in [2.24, 2.45) is 0 Å². The first kappa shape index (κ1) is 31.5. The maximum absolute atomic E-state index is 11.6. The van der Waals surface area contributed by atoms with E-state index in [1.807, 2.05) is 24.3 Å². The third-order valence-electron chi connectivity index (χ3n) is 6.97. The minimum atomic E-state index is -0.730. The first-order valence-corrected chi connectivity index (χ1v) is 16.4. The Labute approximate surface area is 260 Å². The number of hydrogen-bond donors (Lipinski definition) is 0. The van der Waals surface area contributed by atoms with E-state index in [1.54, 1.807) is 20.8 Å². The van der Waals surface area contributed by atoms with Crippen molar-refractivity contribution in [2.75, 3.05) is 0 Å². The van der Waals surface area contributed by atoms with E-state index in [0.717, 1.165) is 45.2 Å². The van der Waals surface area contributed by atoms with Crippen LogP contribution in [0.2, 0.25) is 0 Å². The van der Waals surface area contributed by atoms with Gasteiger partial charge in [-0.2, -0.15) is 0 Å². The van der Waals surface area contributed by atoms with Crippen molar-refractivity contribution in [1.29, 1.82) is 0 Å². The van der Waals surface area contributed by atoms with Gasteiger partial charge in [-0.05, 0) is 38.9 Å². The third kappa shape index (κ3) is 7.71. The van der Waals surface area contributed by atoms with E-state index in [4.69, 9.17) is 0 Å². The molecule has 4 nitrogen and oxygen atoms in total. The van der Waals surface area contributed by atoms with Crippen LogP contribution in [0.25, 0.3) is 0 Å². The summed E-state index contributed by atoms with van der Waals surface area (Å²) in [4.78, 5) is 46.3. The number of aldehydes is 1. The van der Waals surface area contributed by atoms with Gasteiger partial charge < -0.3 is 0 Å². The summed E-state index contributed by atoms with van der Waals surface area (Å²) in [6.45, 7) is 4.72. The van der Waals surface area contributed by atoms with Crippen LogP contribution in [-0.4, -0.2) is 21.6 Å². The second-order valence-electron chi connectivity index (χ2n) is 9.92. The maximum atomic E-state index is 11.6. The molecule has 0 aliphatic carbocycles. The standard InChI is InChI=1S/C35H32O4S3/c1-24(37)40-21-28-6-14-32(15-7-28)35(31-12-4-27(20-36)5-13-31,33-16-8-29(9-17-33)22-41-25(2)38)34-18-10-30(11-19-34)23-42-26(3)39/h4-20H,21-23H2,1-3H3. The molecule has 0 heterocycles. The Balaban J connectivity index is 1.92. The zero-order valence-electron chi connectivity index (χ0n) is 23.8. The first-order chi connectivity index (χ1) is 20.2. The van der Waals surface area contributed by atoms with Gasteiger partial charge in [-0.25, -0.2) is 0 Å². The fourth-order valence-corrected chi connectivity index (χ4v) is 6.61. The van der Waals surface area contributed by atoms with Gasteiger partial charge in [0.1, 0.15) is 6.29 Å². The molecule has 0 spiro atoms. The number of thioether (sulfide) groups is 3. The summed E-state index contributed by atoms with van der Waals surface area (Å²) in [6, 6.07) is 32.8. The van der Waals surface area contributed by atoms with Gasteiger partial charge >= 0.3 is 0 Å². The molecular weight excluding hydrogens is 581 g/mol. The Morgan fingerprint density at radius 1 is 0.500 bits per heavy atom. The molecule has 0 fully saturated rings. The lowest BCUT2D eigenvalue weighted by atomic mass is 9.65. The van der Waals surface area contributed by atoms with Crippen molar-refractivity contribution < 1.29 is 19.2 Å². The monoisotopic (exact) mass is 612 g/mol. The number of rotatable bonds is 11. The fourth-order valence-electron chi connectivity index (χ4n) is 4.92. The van der Waals surface area contributed by atoms with Crippen LogP contribution in [0, 0.1) is 0 Å². The Hall–Kier alpha value is -3.39. The molecule has 7 heteroatoms. The summed E-state index contributed by atoms with van der Waals surface area (Å²) in [7, 11) is 0. The molecule has 214 valence electrons. The summed E-state index contributed by atoms with van der Waals surface area (Å²) in [5.74, 6) is 1.80. The highest BCUT2D eigenvalue weighted by molar-refractivity contribution is 8.13. The fraction of sp³-hybridized carbons (Fsp3) is 0.200. The molecule has 4 aromatic rings. The molecule has 0 N–H and O–H groups in total. The van der Waals surface area contributed by atoms with E-state index in [9.17, 15) is 19.2 Å². The Morgan fingerprint density at radius 3 is 1.00 bits per heavy atom. The normalized spacial score (nSPS) is 11.2. The predicted octanol–water partition coefficient (Wildman–Crippen LogP) is 8.22. The number of benzene rings is 4. The topological polar surface area (TPSA) is 68.3 Å². The third-order valence-corrected chi connectivity index (χ3v) is 9.62. The molecule has 0 radical (unpaired) electrons. The maximum Gasteiger partial charge on any atom is 0.186 e. The van der Waals surface area contributed by atoms with Crippen molar-refractivity contribution in [2.45, 2.75) is 43.4 Å². The van der Waals surface area contributed by atoms with Crippen LogP contribution in [0.15, 0.2) is 97.1 Å². The Kier molecular flexibility index (Phi) is 11.0. The van der Waals surface area contributed by atoms with Gasteiger partial charge in [0.25, 0.3) is 0 Å². The van der Waals surface area contributed by atoms with Crippen LogP contribution in [0.3, 0.4) is 0 Å². The van der Waals surface area contributed by atoms with E-state index >= 15 is 0 Å². The molecule has 0 unspecified atom stereocenters. The van der Waals surface area contributed by atoms with Crippen LogP contribution in [-0.2, 0) is 37.1 Å². The van der Waals surface area contributed by atoms with Gasteiger partial charge in [0, 0.05) is 43.6 Å². The quantitative estimate of drug-likeness (QED) is 0.125. The van der Waals surface area contributed by atoms with Crippen LogP contribution in [0.4, 0.5) is 0 Å². The molecular formula is C35H32O4S3. The minimum Gasteiger partial charge on any atom is -0.298 e. The van der Waals surface area contributed by atoms with Crippen molar-refractivity contribution in [3.05, 3.63) is 142 Å². The van der Waals surface area contributed by atoms with Crippen molar-refractivity contribution >= 4 is 56.9 Å². The average molecular weight is 613 g/mol.